The van der Waals surface area contributed by atoms with Crippen molar-refractivity contribution in [3.8, 4) is 16.9 Å². The first-order chi connectivity index (χ1) is 8.56. The van der Waals surface area contributed by atoms with Crippen LogP contribution in [0.4, 0.5) is 14.6 Å². The number of hydrogen-bond donors (Lipinski definition) is 1. The molecule has 0 radical (unpaired) electrons. The van der Waals surface area contributed by atoms with Gasteiger partial charge in [-0.3, -0.25) is 4.68 Å². The molecule has 0 aliphatic rings. The third-order valence-corrected chi connectivity index (χ3v) is 2.62. The van der Waals surface area contributed by atoms with E-state index in [1.807, 2.05) is 0 Å². The predicted molar refractivity (Wildman–Crippen MR) is 64.1 cm³/mol. The molecule has 2 rings (SSSR count). The summed E-state index contributed by atoms with van der Waals surface area (Å²) in [5, 5.41) is 3.89. The van der Waals surface area contributed by atoms with E-state index in [9.17, 15) is 8.78 Å². The molecule has 1 heterocycles. The second-order valence-corrected chi connectivity index (χ2v) is 3.74. The van der Waals surface area contributed by atoms with Crippen LogP contribution in [-0.4, -0.2) is 16.4 Å². The Bertz CT molecular complexity index is 581. The van der Waals surface area contributed by atoms with Crippen molar-refractivity contribution in [2.24, 2.45) is 7.05 Å². The van der Waals surface area contributed by atoms with Crippen LogP contribution in [0.5, 0.6) is 5.75 Å². The van der Waals surface area contributed by atoms with E-state index in [1.54, 1.807) is 14.0 Å². The predicted octanol–water partition coefficient (Wildman–Crippen LogP) is 2.35. The molecule has 0 spiro atoms. The lowest BCUT2D eigenvalue weighted by Gasteiger charge is -2.08. The lowest BCUT2D eigenvalue weighted by atomic mass is 10.1. The van der Waals surface area contributed by atoms with E-state index in [0.29, 0.717) is 5.56 Å². The Hall–Kier alpha value is -2.11. The van der Waals surface area contributed by atoms with Gasteiger partial charge in [-0.1, -0.05) is 0 Å². The quantitative estimate of drug-likeness (QED) is 0.913. The molecule has 18 heavy (non-hydrogen) atoms. The zero-order valence-corrected chi connectivity index (χ0v) is 10.1. The van der Waals surface area contributed by atoms with Crippen LogP contribution < -0.4 is 10.5 Å². The summed E-state index contributed by atoms with van der Waals surface area (Å²) in [6.07, 6.45) is 1.40. The van der Waals surface area contributed by atoms with Gasteiger partial charge in [0.05, 0.1) is 12.8 Å². The van der Waals surface area contributed by atoms with Crippen molar-refractivity contribution in [3.63, 3.8) is 0 Å². The van der Waals surface area contributed by atoms with Gasteiger partial charge in [0.25, 0.3) is 0 Å². The van der Waals surface area contributed by atoms with Crippen molar-refractivity contribution in [3.05, 3.63) is 30.0 Å². The lowest BCUT2D eigenvalue weighted by molar-refractivity contribution is 0.314. The lowest BCUT2D eigenvalue weighted by Crippen LogP contribution is -2.01. The Morgan fingerprint density at radius 1 is 1.28 bits per heavy atom. The molecule has 1 aromatic heterocycles. The number of ether oxygens (including phenoxy) is 1. The molecule has 0 bridgehead atoms. The molecule has 0 aliphatic carbocycles. The van der Waals surface area contributed by atoms with E-state index in [2.05, 4.69) is 5.10 Å². The number of anilines is 1. The molecule has 0 saturated heterocycles. The Morgan fingerprint density at radius 3 is 2.56 bits per heavy atom. The number of rotatable bonds is 3. The Morgan fingerprint density at radius 2 is 2.00 bits per heavy atom. The third-order valence-electron chi connectivity index (χ3n) is 2.62. The fourth-order valence-corrected chi connectivity index (χ4v) is 1.66. The van der Waals surface area contributed by atoms with E-state index in [-0.39, 0.29) is 23.7 Å². The first-order valence-corrected chi connectivity index (χ1v) is 5.44. The average molecular weight is 253 g/mol. The second-order valence-electron chi connectivity index (χ2n) is 3.74. The third kappa shape index (κ3) is 1.90. The van der Waals surface area contributed by atoms with Gasteiger partial charge in [-0.15, -0.1) is 0 Å². The molecule has 0 unspecified atom stereocenters. The molecule has 0 amide bonds. The highest BCUT2D eigenvalue weighted by molar-refractivity contribution is 5.74. The number of nitrogen functional groups attached to an aromatic ring is 1. The average Bonchev–Trinajstić information content (AvgIpc) is 2.67. The minimum absolute atomic E-state index is 0.0709. The van der Waals surface area contributed by atoms with Gasteiger partial charge in [-0.2, -0.15) is 9.49 Å². The highest BCUT2D eigenvalue weighted by atomic mass is 19.2. The number of nitrogens with two attached hydrogens (primary N) is 1. The van der Waals surface area contributed by atoms with Crippen LogP contribution in [0.2, 0.25) is 0 Å². The van der Waals surface area contributed by atoms with Crippen LogP contribution in [0.1, 0.15) is 6.92 Å². The number of benzene rings is 1. The molecule has 0 saturated carbocycles. The van der Waals surface area contributed by atoms with Crippen LogP contribution in [0.25, 0.3) is 11.1 Å². The number of hydrogen-bond acceptors (Lipinski definition) is 3. The summed E-state index contributed by atoms with van der Waals surface area (Å²) in [7, 11) is 1.63. The van der Waals surface area contributed by atoms with Gasteiger partial charge in [0.15, 0.2) is 11.6 Å². The highest BCUT2D eigenvalue weighted by Gasteiger charge is 2.18. The van der Waals surface area contributed by atoms with Crippen molar-refractivity contribution >= 4 is 5.82 Å². The van der Waals surface area contributed by atoms with E-state index in [0.717, 1.165) is 0 Å². The molecule has 2 aromatic rings. The van der Waals surface area contributed by atoms with Gasteiger partial charge >= 0.3 is 0 Å². The van der Waals surface area contributed by atoms with Crippen molar-refractivity contribution in [1.29, 1.82) is 0 Å². The van der Waals surface area contributed by atoms with E-state index in [4.69, 9.17) is 10.5 Å². The summed E-state index contributed by atoms with van der Waals surface area (Å²) in [4.78, 5) is 0. The zero-order valence-electron chi connectivity index (χ0n) is 10.1. The van der Waals surface area contributed by atoms with Crippen LogP contribution in [0.3, 0.4) is 0 Å². The normalized spacial score (nSPS) is 10.7. The first-order valence-electron chi connectivity index (χ1n) is 5.44. The van der Waals surface area contributed by atoms with Crippen LogP contribution in [-0.2, 0) is 7.05 Å². The largest absolute Gasteiger partial charge is 0.491 e. The number of aryl methyl sites for hydroxylation is 1. The maximum absolute atomic E-state index is 13.9. The van der Waals surface area contributed by atoms with Crippen molar-refractivity contribution in [2.75, 3.05) is 12.3 Å². The number of nitrogens with zero attached hydrogens (tertiary/aromatic N) is 2. The molecule has 96 valence electrons. The van der Waals surface area contributed by atoms with Crippen LogP contribution in [0.15, 0.2) is 18.3 Å². The Labute approximate surface area is 103 Å². The maximum Gasteiger partial charge on any atom is 0.201 e. The highest BCUT2D eigenvalue weighted by Crippen LogP contribution is 2.32. The fourth-order valence-electron chi connectivity index (χ4n) is 1.66. The van der Waals surface area contributed by atoms with Gasteiger partial charge in [-0.25, -0.2) is 4.39 Å². The van der Waals surface area contributed by atoms with E-state index >= 15 is 0 Å². The zero-order chi connectivity index (χ0) is 13.3. The Balaban J connectivity index is 2.53. The molecule has 0 fully saturated rings. The molecular formula is C12H13F2N3O. The summed E-state index contributed by atoms with van der Waals surface area (Å²) in [6, 6.07) is 2.81. The van der Waals surface area contributed by atoms with Gasteiger partial charge in [0, 0.05) is 18.2 Å². The van der Waals surface area contributed by atoms with E-state index < -0.39 is 11.6 Å². The van der Waals surface area contributed by atoms with E-state index in [1.165, 1.54) is 23.0 Å². The van der Waals surface area contributed by atoms with Crippen LogP contribution >= 0.6 is 0 Å². The minimum atomic E-state index is -1.02. The molecule has 2 N–H and O–H groups in total. The van der Waals surface area contributed by atoms with Gasteiger partial charge < -0.3 is 10.5 Å². The van der Waals surface area contributed by atoms with Crippen molar-refractivity contribution < 1.29 is 13.5 Å². The topological polar surface area (TPSA) is 53.1 Å². The molecular weight excluding hydrogens is 240 g/mol. The maximum atomic E-state index is 13.9. The summed E-state index contributed by atoms with van der Waals surface area (Å²) < 4.78 is 34.0. The SMILES string of the molecule is CCOc1ccc(-c2cnn(C)c2N)c(F)c1F. The van der Waals surface area contributed by atoms with Crippen molar-refractivity contribution in [1.82, 2.24) is 9.78 Å². The first kappa shape index (κ1) is 12.3. The minimum Gasteiger partial charge on any atom is -0.491 e. The second kappa shape index (κ2) is 4.64. The standard InChI is InChI=1S/C12H13F2N3O/c1-3-18-9-5-4-7(10(13)11(9)14)8-6-16-17(2)12(8)15/h4-6H,3,15H2,1-2H3. The monoisotopic (exact) mass is 253 g/mol. The molecule has 1 aromatic carbocycles. The summed E-state index contributed by atoms with van der Waals surface area (Å²) in [5.74, 6) is -1.84. The van der Waals surface area contributed by atoms with Gasteiger partial charge in [-0.05, 0) is 19.1 Å². The number of aromatic nitrogens is 2. The van der Waals surface area contributed by atoms with Gasteiger partial charge in [0.2, 0.25) is 5.82 Å². The summed E-state index contributed by atoms with van der Waals surface area (Å²) >= 11 is 0. The van der Waals surface area contributed by atoms with Crippen molar-refractivity contribution in [2.45, 2.75) is 6.92 Å². The smallest absolute Gasteiger partial charge is 0.201 e. The molecule has 0 atom stereocenters. The summed E-state index contributed by atoms with van der Waals surface area (Å²) in [6.45, 7) is 1.97. The van der Waals surface area contributed by atoms with Crippen LogP contribution in [0, 0.1) is 11.6 Å². The summed E-state index contributed by atoms with van der Waals surface area (Å²) in [5.41, 5.74) is 6.16. The molecule has 6 heteroatoms. The number of halogens is 2. The molecule has 0 aliphatic heterocycles. The Kier molecular flexibility index (Phi) is 3.18. The molecule has 4 nitrogen and oxygen atoms in total. The fraction of sp³-hybridized carbons (Fsp3) is 0.250. The van der Waals surface area contributed by atoms with Gasteiger partial charge in [0.1, 0.15) is 5.82 Å².